The third kappa shape index (κ3) is 5.03. The van der Waals surface area contributed by atoms with E-state index in [-0.39, 0.29) is 12.5 Å². The third-order valence-electron chi connectivity index (χ3n) is 3.17. The molecule has 2 rings (SSSR count). The zero-order chi connectivity index (χ0) is 18.2. The number of carbonyl (C=O) groups is 1. The molecule has 0 radical (unpaired) electrons. The van der Waals surface area contributed by atoms with Gasteiger partial charge in [0.2, 0.25) is 0 Å². The molecule has 6 nitrogen and oxygen atoms in total. The smallest absolute Gasteiger partial charge is 0.262 e. The highest BCUT2D eigenvalue weighted by atomic mass is 35.5. The second-order valence-corrected chi connectivity index (χ2v) is 5.30. The van der Waals surface area contributed by atoms with E-state index in [0.717, 1.165) is 0 Å². The SMILES string of the molecule is CCOc1cc(C#N)ccc1OCC(=O)Nc1ccc(OC)c(Cl)c1. The van der Waals surface area contributed by atoms with Crippen LogP contribution in [-0.2, 0) is 4.79 Å². The number of hydrogen-bond acceptors (Lipinski definition) is 5. The standard InChI is InChI=1S/C18H17ClN2O4/c1-3-24-17-8-12(10-20)4-6-16(17)25-11-18(22)21-13-5-7-15(23-2)14(19)9-13/h4-9H,3,11H2,1-2H3,(H,21,22). The highest BCUT2D eigenvalue weighted by molar-refractivity contribution is 6.32. The van der Waals surface area contributed by atoms with Crippen molar-refractivity contribution < 1.29 is 19.0 Å². The van der Waals surface area contributed by atoms with Gasteiger partial charge in [0.05, 0.1) is 30.4 Å². The van der Waals surface area contributed by atoms with Crippen molar-refractivity contribution in [2.45, 2.75) is 6.92 Å². The van der Waals surface area contributed by atoms with Gasteiger partial charge in [-0.05, 0) is 37.3 Å². The lowest BCUT2D eigenvalue weighted by Gasteiger charge is -2.12. The molecular weight excluding hydrogens is 344 g/mol. The summed E-state index contributed by atoms with van der Waals surface area (Å²) in [7, 11) is 1.51. The van der Waals surface area contributed by atoms with E-state index >= 15 is 0 Å². The zero-order valence-electron chi connectivity index (χ0n) is 13.8. The van der Waals surface area contributed by atoms with Crippen LogP contribution in [0.15, 0.2) is 36.4 Å². The van der Waals surface area contributed by atoms with Crippen LogP contribution in [0.5, 0.6) is 17.2 Å². The molecule has 0 fully saturated rings. The van der Waals surface area contributed by atoms with E-state index in [1.54, 1.807) is 36.4 Å². The Hall–Kier alpha value is -2.91. The van der Waals surface area contributed by atoms with E-state index < -0.39 is 0 Å². The lowest BCUT2D eigenvalue weighted by Crippen LogP contribution is -2.20. The fourth-order valence-corrected chi connectivity index (χ4v) is 2.31. The Kier molecular flexibility index (Phi) is 6.49. The molecule has 0 unspecified atom stereocenters. The highest BCUT2D eigenvalue weighted by Gasteiger charge is 2.10. The lowest BCUT2D eigenvalue weighted by atomic mass is 10.2. The van der Waals surface area contributed by atoms with Gasteiger partial charge in [-0.15, -0.1) is 0 Å². The molecule has 0 aliphatic heterocycles. The first-order valence-electron chi connectivity index (χ1n) is 7.50. The number of methoxy groups -OCH3 is 1. The first kappa shape index (κ1) is 18.4. The maximum Gasteiger partial charge on any atom is 0.262 e. The summed E-state index contributed by atoms with van der Waals surface area (Å²) in [6, 6.07) is 11.7. The van der Waals surface area contributed by atoms with Crippen LogP contribution >= 0.6 is 11.6 Å². The highest BCUT2D eigenvalue weighted by Crippen LogP contribution is 2.29. The molecule has 0 spiro atoms. The molecule has 1 amide bonds. The van der Waals surface area contributed by atoms with Crippen molar-refractivity contribution in [1.82, 2.24) is 0 Å². The molecule has 1 N–H and O–H groups in total. The van der Waals surface area contributed by atoms with Crippen LogP contribution in [0.2, 0.25) is 5.02 Å². The summed E-state index contributed by atoms with van der Waals surface area (Å²) in [5.41, 5.74) is 0.984. The first-order valence-corrected chi connectivity index (χ1v) is 7.88. The van der Waals surface area contributed by atoms with Gasteiger partial charge in [0.15, 0.2) is 18.1 Å². The van der Waals surface area contributed by atoms with Crippen molar-refractivity contribution in [2.75, 3.05) is 25.6 Å². The number of nitrogens with zero attached hydrogens (tertiary/aromatic N) is 1. The quantitative estimate of drug-likeness (QED) is 0.815. The van der Waals surface area contributed by atoms with Crippen molar-refractivity contribution in [1.29, 1.82) is 5.26 Å². The monoisotopic (exact) mass is 360 g/mol. The Morgan fingerprint density at radius 3 is 2.56 bits per heavy atom. The number of amides is 1. The average molecular weight is 361 g/mol. The van der Waals surface area contributed by atoms with Crippen LogP contribution < -0.4 is 19.5 Å². The number of benzene rings is 2. The number of anilines is 1. The number of hydrogen-bond donors (Lipinski definition) is 1. The number of nitrogens with one attached hydrogen (secondary N) is 1. The molecule has 0 saturated heterocycles. The summed E-state index contributed by atoms with van der Waals surface area (Å²) >= 11 is 6.02. The van der Waals surface area contributed by atoms with Gasteiger partial charge in [-0.1, -0.05) is 11.6 Å². The molecule has 2 aromatic carbocycles. The molecule has 25 heavy (non-hydrogen) atoms. The summed E-state index contributed by atoms with van der Waals surface area (Å²) in [4.78, 5) is 12.0. The van der Waals surface area contributed by atoms with Crippen LogP contribution in [0.25, 0.3) is 0 Å². The maximum absolute atomic E-state index is 12.0. The summed E-state index contributed by atoms with van der Waals surface area (Å²) < 4.78 is 16.0. The van der Waals surface area contributed by atoms with Crippen LogP contribution in [0, 0.1) is 11.3 Å². The number of rotatable bonds is 7. The topological polar surface area (TPSA) is 80.6 Å². The molecule has 0 heterocycles. The van der Waals surface area contributed by atoms with Gasteiger partial charge >= 0.3 is 0 Å². The van der Waals surface area contributed by atoms with Crippen LogP contribution in [0.1, 0.15) is 12.5 Å². The summed E-state index contributed by atoms with van der Waals surface area (Å²) in [5, 5.41) is 12.0. The largest absolute Gasteiger partial charge is 0.495 e. The molecule has 130 valence electrons. The van der Waals surface area contributed by atoms with Gasteiger partial charge in [0.25, 0.3) is 5.91 Å². The summed E-state index contributed by atoms with van der Waals surface area (Å²) in [6.45, 7) is 2.03. The molecule has 7 heteroatoms. The Morgan fingerprint density at radius 2 is 1.92 bits per heavy atom. The van der Waals surface area contributed by atoms with Crippen LogP contribution in [0.4, 0.5) is 5.69 Å². The predicted octanol–water partition coefficient (Wildman–Crippen LogP) is 3.64. The van der Waals surface area contributed by atoms with E-state index in [4.69, 9.17) is 31.1 Å². The summed E-state index contributed by atoms with van der Waals surface area (Å²) in [5.74, 6) is 0.980. The summed E-state index contributed by atoms with van der Waals surface area (Å²) in [6.07, 6.45) is 0. The van der Waals surface area contributed by atoms with Gasteiger partial charge in [0.1, 0.15) is 5.75 Å². The first-order chi connectivity index (χ1) is 12.1. The number of ether oxygens (including phenoxy) is 3. The Bertz CT molecular complexity index is 802. The van der Waals surface area contributed by atoms with Gasteiger partial charge in [-0.2, -0.15) is 5.26 Å². The van der Waals surface area contributed by atoms with Crippen molar-refractivity contribution in [3.8, 4) is 23.3 Å². The molecule has 0 aliphatic carbocycles. The molecule has 0 atom stereocenters. The minimum atomic E-state index is -0.354. The molecule has 2 aromatic rings. The van der Waals surface area contributed by atoms with Crippen LogP contribution in [0.3, 0.4) is 0 Å². The van der Waals surface area contributed by atoms with Crippen molar-refractivity contribution >= 4 is 23.2 Å². The van der Waals surface area contributed by atoms with Crippen molar-refractivity contribution in [2.24, 2.45) is 0 Å². The lowest BCUT2D eigenvalue weighted by molar-refractivity contribution is -0.118. The minimum absolute atomic E-state index is 0.213. The van der Waals surface area contributed by atoms with Gasteiger partial charge in [-0.25, -0.2) is 0 Å². The second-order valence-electron chi connectivity index (χ2n) is 4.89. The zero-order valence-corrected chi connectivity index (χ0v) is 14.6. The maximum atomic E-state index is 12.0. The molecule has 0 bridgehead atoms. The van der Waals surface area contributed by atoms with Crippen LogP contribution in [-0.4, -0.2) is 26.2 Å². The van der Waals surface area contributed by atoms with E-state index in [0.29, 0.717) is 40.1 Å². The number of nitriles is 1. The molecule has 0 saturated carbocycles. The second kappa shape index (κ2) is 8.81. The molecule has 0 aromatic heterocycles. The average Bonchev–Trinajstić information content (AvgIpc) is 2.61. The predicted molar refractivity (Wildman–Crippen MR) is 94.5 cm³/mol. The van der Waals surface area contributed by atoms with E-state index in [9.17, 15) is 4.79 Å². The van der Waals surface area contributed by atoms with E-state index in [1.807, 2.05) is 13.0 Å². The van der Waals surface area contributed by atoms with Gasteiger partial charge in [0, 0.05) is 11.8 Å². The van der Waals surface area contributed by atoms with E-state index in [1.165, 1.54) is 7.11 Å². The van der Waals surface area contributed by atoms with E-state index in [2.05, 4.69) is 5.32 Å². The van der Waals surface area contributed by atoms with Crippen molar-refractivity contribution in [3.63, 3.8) is 0 Å². The van der Waals surface area contributed by atoms with Gasteiger partial charge < -0.3 is 19.5 Å². The fraction of sp³-hybridized carbons (Fsp3) is 0.222. The Morgan fingerprint density at radius 1 is 1.16 bits per heavy atom. The minimum Gasteiger partial charge on any atom is -0.495 e. The fourth-order valence-electron chi connectivity index (χ4n) is 2.05. The molecule has 0 aliphatic rings. The Labute approximate surface area is 150 Å². The Balaban J connectivity index is 2.00. The molecular formula is C18H17ClN2O4. The number of halogens is 1. The van der Waals surface area contributed by atoms with Crippen molar-refractivity contribution in [3.05, 3.63) is 47.0 Å². The van der Waals surface area contributed by atoms with Gasteiger partial charge in [-0.3, -0.25) is 4.79 Å². The normalized spacial score (nSPS) is 9.84. The third-order valence-corrected chi connectivity index (χ3v) is 3.46. The number of carbonyl (C=O) groups excluding carboxylic acids is 1.